The van der Waals surface area contributed by atoms with Gasteiger partial charge in [0.2, 0.25) is 0 Å². The summed E-state index contributed by atoms with van der Waals surface area (Å²) >= 11 is 0.987. The number of alkyl halides is 6. The minimum Gasteiger partial charge on any atom is -0.268 e. The monoisotopic (exact) mass is 480 g/mol. The van der Waals surface area contributed by atoms with E-state index in [1.807, 2.05) is 0 Å². The largest absolute Gasteiger partial charge is 0.416 e. The molecule has 0 unspecified atom stereocenters. The van der Waals surface area contributed by atoms with Gasteiger partial charge in [-0.05, 0) is 48.9 Å². The van der Waals surface area contributed by atoms with Crippen molar-refractivity contribution in [2.45, 2.75) is 19.3 Å². The van der Waals surface area contributed by atoms with Crippen molar-refractivity contribution in [1.82, 2.24) is 4.98 Å². The molecule has 3 nitrogen and oxygen atoms in total. The van der Waals surface area contributed by atoms with Gasteiger partial charge in [-0.15, -0.1) is 0 Å². The summed E-state index contributed by atoms with van der Waals surface area (Å²) in [6.45, 7) is 1.62. The topological polar surface area (TPSA) is 33.2 Å². The first-order chi connectivity index (χ1) is 15.4. The highest BCUT2D eigenvalue weighted by atomic mass is 32.1. The molecule has 0 aliphatic heterocycles. The number of thiazole rings is 1. The number of hydrogen-bond donors (Lipinski definition) is 0. The number of halogens is 6. The number of amides is 1. The van der Waals surface area contributed by atoms with Gasteiger partial charge in [0, 0.05) is 5.56 Å². The lowest BCUT2D eigenvalue weighted by atomic mass is 10.1. The molecule has 33 heavy (non-hydrogen) atoms. The predicted octanol–water partition coefficient (Wildman–Crippen LogP) is 7.62. The molecule has 0 aliphatic rings. The SMILES string of the molecule is Cc1ccccc1C(=O)N(c1cc(C(F)(F)F)cc(C(F)(F)F)c1)c1nc2ccccc2s1. The van der Waals surface area contributed by atoms with Crippen molar-refractivity contribution < 1.29 is 31.1 Å². The zero-order valence-electron chi connectivity index (χ0n) is 16.8. The van der Waals surface area contributed by atoms with Crippen LogP contribution in [-0.2, 0) is 12.4 Å². The van der Waals surface area contributed by atoms with Crippen LogP contribution in [0, 0.1) is 6.92 Å². The molecule has 0 saturated heterocycles. The van der Waals surface area contributed by atoms with Crippen LogP contribution in [0.15, 0.2) is 66.7 Å². The molecule has 0 saturated carbocycles. The number of fused-ring (bicyclic) bond motifs is 1. The first-order valence-electron chi connectivity index (χ1n) is 9.50. The van der Waals surface area contributed by atoms with E-state index in [0.29, 0.717) is 27.9 Å². The highest BCUT2D eigenvalue weighted by Gasteiger charge is 2.38. The number of para-hydroxylation sites is 1. The molecule has 170 valence electrons. The fraction of sp³-hybridized carbons (Fsp3) is 0.130. The number of rotatable bonds is 3. The second kappa shape index (κ2) is 8.18. The molecule has 1 aromatic heterocycles. The van der Waals surface area contributed by atoms with Crippen LogP contribution in [0.1, 0.15) is 27.0 Å². The molecule has 1 amide bonds. The van der Waals surface area contributed by atoms with E-state index in [9.17, 15) is 31.1 Å². The number of hydrogen-bond acceptors (Lipinski definition) is 3. The fourth-order valence-electron chi connectivity index (χ4n) is 3.27. The Morgan fingerprint density at radius 3 is 2.00 bits per heavy atom. The number of nitrogens with zero attached hydrogens (tertiary/aromatic N) is 2. The number of carbonyl (C=O) groups excluding carboxylic acids is 1. The molecule has 4 rings (SSSR count). The molecule has 0 spiro atoms. The maximum atomic E-state index is 13.5. The van der Waals surface area contributed by atoms with E-state index in [0.717, 1.165) is 16.2 Å². The van der Waals surface area contributed by atoms with Crippen LogP contribution in [0.25, 0.3) is 10.2 Å². The number of aryl methyl sites for hydroxylation is 1. The Hall–Kier alpha value is -3.40. The first kappa shape index (κ1) is 22.8. The molecule has 0 fully saturated rings. The van der Waals surface area contributed by atoms with E-state index in [1.165, 1.54) is 6.07 Å². The summed E-state index contributed by atoms with van der Waals surface area (Å²) < 4.78 is 81.5. The third-order valence-corrected chi connectivity index (χ3v) is 5.90. The van der Waals surface area contributed by atoms with E-state index in [1.54, 1.807) is 49.4 Å². The van der Waals surface area contributed by atoms with Crippen molar-refractivity contribution in [2.75, 3.05) is 4.90 Å². The summed E-state index contributed by atoms with van der Waals surface area (Å²) in [5.74, 6) is -0.792. The van der Waals surface area contributed by atoms with Crippen LogP contribution in [0.2, 0.25) is 0 Å². The van der Waals surface area contributed by atoms with Crippen LogP contribution in [0.5, 0.6) is 0 Å². The quantitative estimate of drug-likeness (QED) is 0.283. The molecule has 0 N–H and O–H groups in total. The van der Waals surface area contributed by atoms with Gasteiger partial charge in [-0.3, -0.25) is 9.69 Å². The van der Waals surface area contributed by atoms with Crippen molar-refractivity contribution in [3.63, 3.8) is 0 Å². The van der Waals surface area contributed by atoms with Gasteiger partial charge in [0.25, 0.3) is 5.91 Å². The van der Waals surface area contributed by atoms with E-state index in [-0.39, 0.29) is 16.8 Å². The zero-order chi connectivity index (χ0) is 24.0. The fourth-order valence-corrected chi connectivity index (χ4v) is 4.26. The van der Waals surface area contributed by atoms with Gasteiger partial charge in [0.1, 0.15) is 0 Å². The number of carbonyl (C=O) groups is 1. The Morgan fingerprint density at radius 1 is 0.848 bits per heavy atom. The van der Waals surface area contributed by atoms with E-state index in [4.69, 9.17) is 0 Å². The molecule has 0 atom stereocenters. The molecule has 4 aromatic rings. The molecule has 0 bridgehead atoms. The number of aromatic nitrogens is 1. The normalized spacial score (nSPS) is 12.2. The van der Waals surface area contributed by atoms with E-state index >= 15 is 0 Å². The average Bonchev–Trinajstić information content (AvgIpc) is 3.16. The van der Waals surface area contributed by atoms with Crippen molar-refractivity contribution >= 4 is 38.3 Å². The van der Waals surface area contributed by atoms with Crippen molar-refractivity contribution in [1.29, 1.82) is 0 Å². The summed E-state index contributed by atoms with van der Waals surface area (Å²) in [6, 6.07) is 14.1. The summed E-state index contributed by atoms with van der Waals surface area (Å²) in [7, 11) is 0. The van der Waals surface area contributed by atoms with Crippen molar-refractivity contribution in [3.05, 3.63) is 89.0 Å². The van der Waals surface area contributed by atoms with Crippen LogP contribution in [0.4, 0.5) is 37.2 Å². The van der Waals surface area contributed by atoms with Gasteiger partial charge in [-0.25, -0.2) is 4.98 Å². The Morgan fingerprint density at radius 2 is 1.42 bits per heavy atom. The number of benzene rings is 3. The smallest absolute Gasteiger partial charge is 0.268 e. The molecule has 0 aliphatic carbocycles. The lowest BCUT2D eigenvalue weighted by Gasteiger charge is -2.23. The second-order valence-electron chi connectivity index (χ2n) is 7.18. The highest BCUT2D eigenvalue weighted by molar-refractivity contribution is 7.22. The van der Waals surface area contributed by atoms with Gasteiger partial charge in [-0.2, -0.15) is 26.3 Å². The van der Waals surface area contributed by atoms with Crippen LogP contribution < -0.4 is 4.90 Å². The van der Waals surface area contributed by atoms with Crippen molar-refractivity contribution in [3.8, 4) is 0 Å². The van der Waals surface area contributed by atoms with Gasteiger partial charge >= 0.3 is 12.4 Å². The minimum atomic E-state index is -5.05. The number of anilines is 2. The molecular formula is C23H14F6N2OS. The van der Waals surface area contributed by atoms with Gasteiger partial charge in [0.05, 0.1) is 27.0 Å². The van der Waals surface area contributed by atoms with Crippen LogP contribution in [0.3, 0.4) is 0 Å². The second-order valence-corrected chi connectivity index (χ2v) is 8.19. The maximum Gasteiger partial charge on any atom is 0.416 e. The first-order valence-corrected chi connectivity index (χ1v) is 10.3. The van der Waals surface area contributed by atoms with E-state index < -0.39 is 35.1 Å². The molecule has 0 radical (unpaired) electrons. The lowest BCUT2D eigenvalue weighted by molar-refractivity contribution is -0.143. The summed E-state index contributed by atoms with van der Waals surface area (Å²) in [5, 5.41) is -0.0445. The highest BCUT2D eigenvalue weighted by Crippen LogP contribution is 2.41. The van der Waals surface area contributed by atoms with Gasteiger partial charge in [-0.1, -0.05) is 41.7 Å². The molecule has 1 heterocycles. The van der Waals surface area contributed by atoms with Crippen molar-refractivity contribution in [2.24, 2.45) is 0 Å². The average molecular weight is 480 g/mol. The summed E-state index contributed by atoms with van der Waals surface area (Å²) in [5.41, 5.74) is -2.51. The Balaban J connectivity index is 1.99. The third-order valence-electron chi connectivity index (χ3n) is 4.88. The standard InChI is InChI=1S/C23H14F6N2OS/c1-13-6-2-3-7-17(13)20(32)31(21-30-18-8-4-5-9-19(18)33-21)16-11-14(22(24,25)26)10-15(12-16)23(27,28)29/h2-12H,1H3. The maximum absolute atomic E-state index is 13.5. The Kier molecular flexibility index (Phi) is 5.65. The minimum absolute atomic E-state index is 0.0261. The lowest BCUT2D eigenvalue weighted by Crippen LogP contribution is -2.27. The van der Waals surface area contributed by atoms with E-state index in [2.05, 4.69) is 4.98 Å². The van der Waals surface area contributed by atoms with Gasteiger partial charge in [0.15, 0.2) is 5.13 Å². The van der Waals surface area contributed by atoms with Gasteiger partial charge < -0.3 is 0 Å². The Bertz CT molecular complexity index is 1280. The molecular weight excluding hydrogens is 466 g/mol. The predicted molar refractivity (Wildman–Crippen MR) is 114 cm³/mol. The van der Waals surface area contributed by atoms with Crippen LogP contribution >= 0.6 is 11.3 Å². The molecule has 10 heteroatoms. The summed E-state index contributed by atoms with van der Waals surface area (Å²) in [6.07, 6.45) is -10.1. The Labute approximate surface area is 187 Å². The molecule has 3 aromatic carbocycles. The van der Waals surface area contributed by atoms with Crippen LogP contribution in [-0.4, -0.2) is 10.9 Å². The summed E-state index contributed by atoms with van der Waals surface area (Å²) in [4.78, 5) is 18.6. The zero-order valence-corrected chi connectivity index (χ0v) is 17.6. The third kappa shape index (κ3) is 4.56.